The van der Waals surface area contributed by atoms with Gasteiger partial charge >= 0.3 is 0 Å². The Morgan fingerprint density at radius 1 is 1.44 bits per heavy atom. The van der Waals surface area contributed by atoms with Gasteiger partial charge in [-0.2, -0.15) is 0 Å². The summed E-state index contributed by atoms with van der Waals surface area (Å²) in [6.45, 7) is 1.78. The van der Waals surface area contributed by atoms with Gasteiger partial charge in [0.25, 0.3) is 0 Å². The molecule has 0 radical (unpaired) electrons. The fourth-order valence-corrected chi connectivity index (χ4v) is 2.35. The summed E-state index contributed by atoms with van der Waals surface area (Å²) >= 11 is 0. The van der Waals surface area contributed by atoms with Crippen molar-refractivity contribution in [2.24, 2.45) is 0 Å². The van der Waals surface area contributed by atoms with Gasteiger partial charge in [-0.05, 0) is 37.5 Å². The Bertz CT molecular complexity index is 392. The fraction of sp³-hybridized carbons (Fsp3) is 0.538. The Kier molecular flexibility index (Phi) is 2.89. The van der Waals surface area contributed by atoms with Gasteiger partial charge in [0.1, 0.15) is 11.6 Å². The Morgan fingerprint density at radius 3 is 2.56 bits per heavy atom. The number of aliphatic hydroxyl groups is 1. The molecule has 0 saturated heterocycles. The van der Waals surface area contributed by atoms with E-state index in [2.05, 4.69) is 0 Å². The SMILES string of the molecule is COc1cc(C)c(F)cc1C1(CO)CCC1. The lowest BCUT2D eigenvalue weighted by Gasteiger charge is -2.41. The second-order valence-electron chi connectivity index (χ2n) is 4.59. The topological polar surface area (TPSA) is 29.5 Å². The molecule has 0 amide bonds. The van der Waals surface area contributed by atoms with Gasteiger partial charge in [-0.25, -0.2) is 4.39 Å². The molecule has 1 aromatic carbocycles. The summed E-state index contributed by atoms with van der Waals surface area (Å²) in [5.41, 5.74) is 1.11. The van der Waals surface area contributed by atoms with Crippen molar-refractivity contribution in [3.8, 4) is 5.75 Å². The van der Waals surface area contributed by atoms with Crippen LogP contribution in [0.25, 0.3) is 0 Å². The van der Waals surface area contributed by atoms with Crippen LogP contribution < -0.4 is 4.74 Å². The first-order chi connectivity index (χ1) is 7.63. The molecule has 0 aliphatic heterocycles. The lowest BCUT2D eigenvalue weighted by molar-refractivity contribution is 0.117. The molecule has 0 atom stereocenters. The average molecular weight is 224 g/mol. The summed E-state index contributed by atoms with van der Waals surface area (Å²) in [7, 11) is 1.58. The summed E-state index contributed by atoms with van der Waals surface area (Å²) in [5, 5.41) is 9.49. The van der Waals surface area contributed by atoms with E-state index in [1.165, 1.54) is 6.07 Å². The number of aliphatic hydroxyl groups excluding tert-OH is 1. The third kappa shape index (κ3) is 1.59. The maximum atomic E-state index is 13.6. The van der Waals surface area contributed by atoms with Crippen molar-refractivity contribution in [3.63, 3.8) is 0 Å². The van der Waals surface area contributed by atoms with Gasteiger partial charge in [-0.15, -0.1) is 0 Å². The molecule has 0 unspecified atom stereocenters. The fourth-order valence-electron chi connectivity index (χ4n) is 2.35. The van der Waals surface area contributed by atoms with E-state index in [0.717, 1.165) is 24.8 Å². The number of methoxy groups -OCH3 is 1. The Morgan fingerprint density at radius 2 is 2.12 bits per heavy atom. The van der Waals surface area contributed by atoms with Crippen LogP contribution in [0.15, 0.2) is 12.1 Å². The van der Waals surface area contributed by atoms with E-state index in [1.807, 2.05) is 0 Å². The molecule has 1 N–H and O–H groups in total. The zero-order valence-corrected chi connectivity index (χ0v) is 9.72. The molecule has 0 spiro atoms. The summed E-state index contributed by atoms with van der Waals surface area (Å²) in [4.78, 5) is 0. The summed E-state index contributed by atoms with van der Waals surface area (Å²) in [6, 6.07) is 3.23. The summed E-state index contributed by atoms with van der Waals surface area (Å²) in [6.07, 6.45) is 2.89. The third-order valence-electron chi connectivity index (χ3n) is 3.67. The second-order valence-corrected chi connectivity index (χ2v) is 4.59. The Labute approximate surface area is 95.1 Å². The van der Waals surface area contributed by atoms with Crippen molar-refractivity contribution < 1.29 is 14.2 Å². The largest absolute Gasteiger partial charge is 0.496 e. The van der Waals surface area contributed by atoms with Crippen LogP contribution in [0.2, 0.25) is 0 Å². The highest BCUT2D eigenvalue weighted by Crippen LogP contribution is 2.47. The molecular formula is C13H17FO2. The summed E-state index contributed by atoms with van der Waals surface area (Å²) < 4.78 is 18.9. The van der Waals surface area contributed by atoms with Crippen molar-refractivity contribution >= 4 is 0 Å². The molecule has 0 aromatic heterocycles. The Hall–Kier alpha value is -1.09. The minimum Gasteiger partial charge on any atom is -0.496 e. The van der Waals surface area contributed by atoms with Crippen molar-refractivity contribution in [1.29, 1.82) is 0 Å². The van der Waals surface area contributed by atoms with Gasteiger partial charge in [0, 0.05) is 11.0 Å². The molecule has 1 aliphatic carbocycles. The van der Waals surface area contributed by atoms with E-state index in [4.69, 9.17) is 4.74 Å². The van der Waals surface area contributed by atoms with Crippen LogP contribution in [-0.4, -0.2) is 18.8 Å². The highest BCUT2D eigenvalue weighted by atomic mass is 19.1. The van der Waals surface area contributed by atoms with Crippen LogP contribution in [0.1, 0.15) is 30.4 Å². The van der Waals surface area contributed by atoms with Gasteiger partial charge in [-0.3, -0.25) is 0 Å². The second kappa shape index (κ2) is 4.06. The number of ether oxygens (including phenoxy) is 1. The molecule has 1 saturated carbocycles. The van der Waals surface area contributed by atoms with Gasteiger partial charge < -0.3 is 9.84 Å². The molecule has 88 valence electrons. The zero-order chi connectivity index (χ0) is 11.8. The minimum absolute atomic E-state index is 0.0614. The zero-order valence-electron chi connectivity index (χ0n) is 9.72. The normalized spacial score (nSPS) is 18.0. The third-order valence-corrected chi connectivity index (χ3v) is 3.67. The van der Waals surface area contributed by atoms with Crippen molar-refractivity contribution in [1.82, 2.24) is 0 Å². The first-order valence-corrected chi connectivity index (χ1v) is 5.58. The van der Waals surface area contributed by atoms with E-state index < -0.39 is 0 Å². The molecule has 16 heavy (non-hydrogen) atoms. The first-order valence-electron chi connectivity index (χ1n) is 5.58. The van der Waals surface area contributed by atoms with Crippen LogP contribution in [0.3, 0.4) is 0 Å². The number of benzene rings is 1. The van der Waals surface area contributed by atoms with Crippen LogP contribution in [0.4, 0.5) is 4.39 Å². The highest BCUT2D eigenvalue weighted by Gasteiger charge is 2.40. The number of hydrogen-bond donors (Lipinski definition) is 1. The van der Waals surface area contributed by atoms with E-state index in [-0.39, 0.29) is 17.8 Å². The lowest BCUT2D eigenvalue weighted by atomic mass is 9.64. The molecule has 2 nitrogen and oxygen atoms in total. The highest BCUT2D eigenvalue weighted by molar-refractivity contribution is 5.44. The van der Waals surface area contributed by atoms with Crippen LogP contribution in [0.5, 0.6) is 5.75 Å². The quantitative estimate of drug-likeness (QED) is 0.855. The smallest absolute Gasteiger partial charge is 0.126 e. The molecule has 1 fully saturated rings. The first kappa shape index (κ1) is 11.4. The minimum atomic E-state index is -0.278. The summed E-state index contributed by atoms with van der Waals surface area (Å²) in [5.74, 6) is 0.461. The maximum absolute atomic E-state index is 13.6. The average Bonchev–Trinajstić information content (AvgIpc) is 2.22. The van der Waals surface area contributed by atoms with Crippen LogP contribution >= 0.6 is 0 Å². The molecular weight excluding hydrogens is 207 g/mol. The predicted molar refractivity (Wildman–Crippen MR) is 60.3 cm³/mol. The molecule has 2 rings (SSSR count). The maximum Gasteiger partial charge on any atom is 0.126 e. The standard InChI is InChI=1S/C13H17FO2/c1-9-6-12(16-2)10(7-11(9)14)13(8-15)4-3-5-13/h6-7,15H,3-5,8H2,1-2H3. The van der Waals surface area contributed by atoms with Crippen LogP contribution in [-0.2, 0) is 5.41 Å². The Balaban J connectivity index is 2.50. The molecule has 1 aliphatic rings. The molecule has 1 aromatic rings. The molecule has 0 heterocycles. The van der Waals surface area contributed by atoms with Gasteiger partial charge in [0.05, 0.1) is 13.7 Å². The molecule has 3 heteroatoms. The van der Waals surface area contributed by atoms with Gasteiger partial charge in [0.2, 0.25) is 0 Å². The van der Waals surface area contributed by atoms with Crippen molar-refractivity contribution in [2.75, 3.05) is 13.7 Å². The van der Waals surface area contributed by atoms with Gasteiger partial charge in [0.15, 0.2) is 0 Å². The van der Waals surface area contributed by atoms with E-state index in [1.54, 1.807) is 20.1 Å². The van der Waals surface area contributed by atoms with Crippen LogP contribution in [0, 0.1) is 12.7 Å². The predicted octanol–water partition coefficient (Wildman–Crippen LogP) is 2.56. The van der Waals surface area contributed by atoms with Crippen molar-refractivity contribution in [3.05, 3.63) is 29.1 Å². The van der Waals surface area contributed by atoms with Crippen molar-refractivity contribution in [2.45, 2.75) is 31.6 Å². The number of rotatable bonds is 3. The number of halogens is 1. The molecule has 0 bridgehead atoms. The van der Waals surface area contributed by atoms with E-state index in [9.17, 15) is 9.50 Å². The van der Waals surface area contributed by atoms with Gasteiger partial charge in [-0.1, -0.05) is 6.42 Å². The van der Waals surface area contributed by atoms with E-state index >= 15 is 0 Å². The number of hydrogen-bond acceptors (Lipinski definition) is 2. The monoisotopic (exact) mass is 224 g/mol. The number of aryl methyl sites for hydroxylation is 1. The van der Waals surface area contributed by atoms with E-state index in [0.29, 0.717) is 11.3 Å². The lowest BCUT2D eigenvalue weighted by Crippen LogP contribution is -2.38.